The first-order valence-corrected chi connectivity index (χ1v) is 12.5. The van der Waals surface area contributed by atoms with Gasteiger partial charge in [-0.3, -0.25) is 9.59 Å². The summed E-state index contributed by atoms with van der Waals surface area (Å²) in [6.45, 7) is 1.78. The molecule has 0 atom stereocenters. The molecule has 190 valence electrons. The number of aryl methyl sites for hydroxylation is 1. The number of halogens is 1. The molecule has 0 radical (unpaired) electrons. The van der Waals surface area contributed by atoms with E-state index in [-0.39, 0.29) is 17.5 Å². The van der Waals surface area contributed by atoms with Gasteiger partial charge in [-0.15, -0.1) is 0 Å². The molecule has 1 aromatic carbocycles. The third-order valence-electron chi connectivity index (χ3n) is 6.64. The number of pyridine rings is 1. The second-order valence-corrected chi connectivity index (χ2v) is 9.70. The lowest BCUT2D eigenvalue weighted by atomic mass is 10.0. The Balaban J connectivity index is 1.26. The van der Waals surface area contributed by atoms with E-state index in [4.69, 9.17) is 0 Å². The summed E-state index contributed by atoms with van der Waals surface area (Å²) in [6, 6.07) is 9.85. The van der Waals surface area contributed by atoms with Crippen LogP contribution in [0.2, 0.25) is 0 Å². The Labute approximate surface area is 218 Å². The van der Waals surface area contributed by atoms with Crippen LogP contribution in [0.4, 0.5) is 15.9 Å². The molecular formula is C28H24FN7O2. The molecule has 0 spiro atoms. The molecule has 2 N–H and O–H groups in total. The lowest BCUT2D eigenvalue weighted by Crippen LogP contribution is -2.14. The van der Waals surface area contributed by atoms with Gasteiger partial charge in [0.25, 0.3) is 5.91 Å². The monoisotopic (exact) mass is 509 g/mol. The summed E-state index contributed by atoms with van der Waals surface area (Å²) in [5.74, 6) is 0.220. The van der Waals surface area contributed by atoms with Crippen molar-refractivity contribution in [1.82, 2.24) is 25.1 Å². The first kappa shape index (κ1) is 23.8. The van der Waals surface area contributed by atoms with E-state index in [0.29, 0.717) is 45.5 Å². The van der Waals surface area contributed by atoms with Crippen LogP contribution in [0.3, 0.4) is 0 Å². The van der Waals surface area contributed by atoms with Gasteiger partial charge in [0, 0.05) is 35.4 Å². The van der Waals surface area contributed by atoms with Crippen LogP contribution in [0.15, 0.2) is 55.0 Å². The van der Waals surface area contributed by atoms with Crippen LogP contribution in [0, 0.1) is 18.7 Å². The molecule has 0 bridgehead atoms. The fourth-order valence-electron chi connectivity index (χ4n) is 4.18. The van der Waals surface area contributed by atoms with Gasteiger partial charge in [-0.05, 0) is 74.6 Å². The maximum Gasteiger partial charge on any atom is 0.257 e. The molecule has 4 aromatic rings. The van der Waals surface area contributed by atoms with Crippen molar-refractivity contribution in [2.75, 3.05) is 10.6 Å². The third-order valence-corrected chi connectivity index (χ3v) is 6.64. The molecule has 2 fully saturated rings. The van der Waals surface area contributed by atoms with Gasteiger partial charge in [0.15, 0.2) is 5.82 Å². The summed E-state index contributed by atoms with van der Waals surface area (Å²) in [7, 11) is 0. The summed E-state index contributed by atoms with van der Waals surface area (Å²) in [4.78, 5) is 38.3. The number of anilines is 2. The minimum Gasteiger partial charge on any atom is -0.319 e. The quantitative estimate of drug-likeness (QED) is 0.362. The SMILES string of the molecule is Cc1cc(F)c(NC(=O)c2cnnc(C3CC3)c2)cc1-c1ccnc(-c2ccnc(NC(=O)C3CC3)c2)n1. The van der Waals surface area contributed by atoms with E-state index in [9.17, 15) is 14.0 Å². The van der Waals surface area contributed by atoms with Crippen molar-refractivity contribution >= 4 is 23.3 Å². The molecule has 2 aliphatic carbocycles. The van der Waals surface area contributed by atoms with E-state index in [1.54, 1.807) is 49.6 Å². The topological polar surface area (TPSA) is 123 Å². The predicted molar refractivity (Wildman–Crippen MR) is 139 cm³/mol. The van der Waals surface area contributed by atoms with E-state index in [0.717, 1.165) is 31.4 Å². The molecule has 2 aliphatic rings. The maximum atomic E-state index is 14.9. The third kappa shape index (κ3) is 5.10. The molecule has 10 heteroatoms. The normalized spacial score (nSPS) is 14.7. The second-order valence-electron chi connectivity index (χ2n) is 9.70. The zero-order valence-electron chi connectivity index (χ0n) is 20.6. The molecule has 38 heavy (non-hydrogen) atoms. The number of carbonyl (C=O) groups is 2. The summed E-state index contributed by atoms with van der Waals surface area (Å²) in [5, 5.41) is 13.5. The zero-order chi connectivity index (χ0) is 26.2. The molecule has 0 saturated heterocycles. The molecule has 3 aromatic heterocycles. The molecule has 3 heterocycles. The molecule has 0 aliphatic heterocycles. The van der Waals surface area contributed by atoms with Gasteiger partial charge in [-0.1, -0.05) is 0 Å². The standard InChI is InChI=1S/C28H24FN7O2/c1-15-10-21(29)24(34-28(38)19-11-23(16-2-3-16)36-32-14-19)13-20(15)22-7-9-31-26(33-22)18-6-8-30-25(12-18)35-27(37)17-4-5-17/h6-14,16-17H,2-5H2,1H3,(H,34,38)(H,30,35,37). The van der Waals surface area contributed by atoms with E-state index < -0.39 is 11.7 Å². The fraction of sp³-hybridized carbons (Fsp3) is 0.250. The van der Waals surface area contributed by atoms with Crippen molar-refractivity contribution in [1.29, 1.82) is 0 Å². The Morgan fingerprint density at radius 1 is 0.974 bits per heavy atom. The maximum absolute atomic E-state index is 14.9. The molecule has 9 nitrogen and oxygen atoms in total. The van der Waals surface area contributed by atoms with Gasteiger partial charge in [0.05, 0.1) is 28.8 Å². The smallest absolute Gasteiger partial charge is 0.257 e. The summed E-state index contributed by atoms with van der Waals surface area (Å²) in [5.41, 5.74) is 3.68. The number of hydrogen-bond donors (Lipinski definition) is 2. The van der Waals surface area contributed by atoms with Crippen LogP contribution < -0.4 is 10.6 Å². The van der Waals surface area contributed by atoms with Crippen molar-refractivity contribution in [2.45, 2.75) is 38.5 Å². The number of benzene rings is 1. The number of hydrogen-bond acceptors (Lipinski definition) is 7. The van der Waals surface area contributed by atoms with E-state index in [1.807, 2.05) is 0 Å². The van der Waals surface area contributed by atoms with Crippen molar-refractivity contribution in [3.05, 3.63) is 77.6 Å². The number of rotatable bonds is 7. The van der Waals surface area contributed by atoms with Crippen molar-refractivity contribution in [3.8, 4) is 22.6 Å². The molecular weight excluding hydrogens is 485 g/mol. The summed E-state index contributed by atoms with van der Waals surface area (Å²) >= 11 is 0. The number of nitrogens with zero attached hydrogens (tertiary/aromatic N) is 5. The van der Waals surface area contributed by atoms with Crippen LogP contribution in [0.5, 0.6) is 0 Å². The first-order chi connectivity index (χ1) is 18.4. The van der Waals surface area contributed by atoms with Crippen LogP contribution in [-0.2, 0) is 4.79 Å². The van der Waals surface area contributed by atoms with Gasteiger partial charge in [0.2, 0.25) is 5.91 Å². The highest BCUT2D eigenvalue weighted by Crippen LogP contribution is 2.39. The Bertz CT molecular complexity index is 1570. The van der Waals surface area contributed by atoms with Gasteiger partial charge in [-0.2, -0.15) is 10.2 Å². The second kappa shape index (κ2) is 9.70. The lowest BCUT2D eigenvalue weighted by Gasteiger charge is -2.12. The first-order valence-electron chi connectivity index (χ1n) is 12.5. The van der Waals surface area contributed by atoms with E-state index in [2.05, 4.69) is 35.8 Å². The van der Waals surface area contributed by atoms with E-state index >= 15 is 0 Å². The highest BCUT2D eigenvalue weighted by Gasteiger charge is 2.30. The summed E-state index contributed by atoms with van der Waals surface area (Å²) in [6.07, 6.45) is 8.45. The Morgan fingerprint density at radius 3 is 2.58 bits per heavy atom. The van der Waals surface area contributed by atoms with Gasteiger partial charge < -0.3 is 10.6 Å². The molecule has 2 saturated carbocycles. The number of amides is 2. The largest absolute Gasteiger partial charge is 0.319 e. The number of aromatic nitrogens is 5. The van der Waals surface area contributed by atoms with Gasteiger partial charge in [0.1, 0.15) is 11.6 Å². The number of carbonyl (C=O) groups excluding carboxylic acids is 2. The highest BCUT2D eigenvalue weighted by molar-refractivity contribution is 6.04. The van der Waals surface area contributed by atoms with Crippen LogP contribution in [-0.4, -0.2) is 37.0 Å². The van der Waals surface area contributed by atoms with Gasteiger partial charge >= 0.3 is 0 Å². The minimum absolute atomic E-state index is 0.0351. The lowest BCUT2D eigenvalue weighted by molar-refractivity contribution is -0.117. The van der Waals surface area contributed by atoms with Crippen molar-refractivity contribution in [3.63, 3.8) is 0 Å². The van der Waals surface area contributed by atoms with Crippen LogP contribution >= 0.6 is 0 Å². The molecule has 0 unspecified atom stereocenters. The number of nitrogens with one attached hydrogen (secondary N) is 2. The molecule has 2 amide bonds. The molecule has 6 rings (SSSR count). The predicted octanol–water partition coefficient (Wildman–Crippen LogP) is 4.92. The highest BCUT2D eigenvalue weighted by atomic mass is 19.1. The summed E-state index contributed by atoms with van der Waals surface area (Å²) < 4.78 is 14.9. The van der Waals surface area contributed by atoms with Gasteiger partial charge in [-0.25, -0.2) is 19.3 Å². The minimum atomic E-state index is -0.552. The van der Waals surface area contributed by atoms with Crippen molar-refractivity contribution < 1.29 is 14.0 Å². The zero-order valence-corrected chi connectivity index (χ0v) is 20.6. The Kier molecular flexibility index (Phi) is 6.07. The van der Waals surface area contributed by atoms with E-state index in [1.165, 1.54) is 12.3 Å². The fourth-order valence-corrected chi connectivity index (χ4v) is 4.18. The average molecular weight is 510 g/mol. The van der Waals surface area contributed by atoms with Crippen LogP contribution in [0.25, 0.3) is 22.6 Å². The Hall–Kier alpha value is -4.60. The Morgan fingerprint density at radius 2 is 1.79 bits per heavy atom. The van der Waals surface area contributed by atoms with Crippen LogP contribution in [0.1, 0.15) is 53.2 Å². The van der Waals surface area contributed by atoms with Crippen molar-refractivity contribution in [2.24, 2.45) is 5.92 Å². The average Bonchev–Trinajstić information content (AvgIpc) is 3.83.